The molecule has 0 aliphatic carbocycles. The van der Waals surface area contributed by atoms with Crippen molar-refractivity contribution in [1.29, 1.82) is 0 Å². The summed E-state index contributed by atoms with van der Waals surface area (Å²) in [4.78, 5) is 17.1. The Morgan fingerprint density at radius 3 is 2.78 bits per heavy atom. The van der Waals surface area contributed by atoms with Gasteiger partial charge in [-0.15, -0.1) is 0 Å². The van der Waals surface area contributed by atoms with Crippen molar-refractivity contribution >= 4 is 5.91 Å². The van der Waals surface area contributed by atoms with Gasteiger partial charge in [0.05, 0.1) is 24.7 Å². The van der Waals surface area contributed by atoms with Crippen LogP contribution in [0.5, 0.6) is 0 Å². The molecule has 1 aromatic carbocycles. The number of piperidine rings is 1. The molecule has 3 fully saturated rings. The Hall–Kier alpha value is -1.50. The molecule has 3 aliphatic rings. The van der Waals surface area contributed by atoms with Crippen molar-refractivity contribution in [2.75, 3.05) is 39.4 Å². The second-order valence-corrected chi connectivity index (χ2v) is 8.09. The summed E-state index contributed by atoms with van der Waals surface area (Å²) in [6.07, 6.45) is 4.49. The summed E-state index contributed by atoms with van der Waals surface area (Å²) < 4.78 is 25.3. The van der Waals surface area contributed by atoms with Crippen molar-refractivity contribution in [3.05, 3.63) is 35.6 Å². The highest BCUT2D eigenvalue weighted by Crippen LogP contribution is 2.33. The minimum Gasteiger partial charge on any atom is -0.376 e. The maximum absolute atomic E-state index is 13.4. The Morgan fingerprint density at radius 1 is 1.19 bits per heavy atom. The van der Waals surface area contributed by atoms with Gasteiger partial charge in [-0.2, -0.15) is 0 Å². The number of ether oxygens (including phenoxy) is 2. The van der Waals surface area contributed by atoms with E-state index in [1.807, 2.05) is 11.0 Å². The molecule has 5 nitrogen and oxygen atoms in total. The van der Waals surface area contributed by atoms with E-state index in [0.29, 0.717) is 26.1 Å². The molecule has 1 atom stereocenters. The fraction of sp³-hybridized carbons (Fsp3) is 0.667. The molecular formula is C21H29FN2O3. The third-order valence-electron chi connectivity index (χ3n) is 6.11. The molecule has 0 saturated carbocycles. The zero-order valence-electron chi connectivity index (χ0n) is 15.9. The van der Waals surface area contributed by atoms with E-state index < -0.39 is 0 Å². The van der Waals surface area contributed by atoms with Gasteiger partial charge in [-0.3, -0.25) is 9.69 Å². The number of rotatable bonds is 4. The molecule has 0 N–H and O–H groups in total. The number of nitrogens with zero attached hydrogens (tertiary/aromatic N) is 2. The van der Waals surface area contributed by atoms with Crippen LogP contribution >= 0.6 is 0 Å². The summed E-state index contributed by atoms with van der Waals surface area (Å²) >= 11 is 0. The van der Waals surface area contributed by atoms with Crippen LogP contribution in [-0.2, 0) is 20.8 Å². The summed E-state index contributed by atoms with van der Waals surface area (Å²) in [5, 5.41) is 0. The van der Waals surface area contributed by atoms with Crippen LogP contribution in [0.2, 0.25) is 0 Å². The smallest absolute Gasteiger partial charge is 0.225 e. The third-order valence-corrected chi connectivity index (χ3v) is 6.11. The first-order valence-corrected chi connectivity index (χ1v) is 10.1. The van der Waals surface area contributed by atoms with Crippen molar-refractivity contribution in [2.24, 2.45) is 0 Å². The summed E-state index contributed by atoms with van der Waals surface area (Å²) in [5.41, 5.74) is 0.660. The third kappa shape index (κ3) is 4.68. The first-order chi connectivity index (χ1) is 13.1. The average Bonchev–Trinajstić information content (AvgIpc) is 3.11. The number of hydrogen-bond acceptors (Lipinski definition) is 4. The van der Waals surface area contributed by atoms with Crippen molar-refractivity contribution in [3.8, 4) is 0 Å². The van der Waals surface area contributed by atoms with Crippen LogP contribution in [0.4, 0.5) is 4.39 Å². The molecule has 6 heteroatoms. The maximum atomic E-state index is 13.4. The molecule has 1 unspecified atom stereocenters. The van der Waals surface area contributed by atoms with Crippen molar-refractivity contribution in [3.63, 3.8) is 0 Å². The minimum absolute atomic E-state index is 0.190. The number of amides is 1. The Bertz CT molecular complexity index is 655. The zero-order chi connectivity index (χ0) is 18.7. The number of benzene rings is 1. The van der Waals surface area contributed by atoms with E-state index in [1.165, 1.54) is 6.07 Å². The Labute approximate surface area is 160 Å². The standard InChI is InChI=1S/C21H29FN2O3/c22-18-4-1-3-17(13-18)15-23-8-6-21(7-9-23)14-20(25)24(10-12-27-21)16-19-5-2-11-26-19/h1,3-4,13,19H,2,5-12,14-16H2. The van der Waals surface area contributed by atoms with E-state index in [9.17, 15) is 9.18 Å². The molecule has 1 amide bonds. The van der Waals surface area contributed by atoms with Crippen LogP contribution in [0, 0.1) is 5.82 Å². The normalized spacial score (nSPS) is 26.5. The Balaban J connectivity index is 1.31. The number of halogens is 1. The van der Waals surface area contributed by atoms with Gasteiger partial charge in [-0.1, -0.05) is 12.1 Å². The second kappa shape index (κ2) is 8.25. The summed E-state index contributed by atoms with van der Waals surface area (Å²) in [6.45, 7) is 5.26. The maximum Gasteiger partial charge on any atom is 0.225 e. The first kappa shape index (κ1) is 18.8. The van der Waals surface area contributed by atoms with Crippen molar-refractivity contribution < 1.29 is 18.7 Å². The molecule has 1 aromatic rings. The topological polar surface area (TPSA) is 42.0 Å². The van der Waals surface area contributed by atoms with E-state index in [-0.39, 0.29) is 23.4 Å². The van der Waals surface area contributed by atoms with Gasteiger partial charge >= 0.3 is 0 Å². The second-order valence-electron chi connectivity index (χ2n) is 8.09. The van der Waals surface area contributed by atoms with Crippen molar-refractivity contribution in [2.45, 2.75) is 50.4 Å². The highest BCUT2D eigenvalue weighted by molar-refractivity contribution is 5.77. The van der Waals surface area contributed by atoms with Crippen LogP contribution < -0.4 is 0 Å². The fourth-order valence-corrected chi connectivity index (χ4v) is 4.50. The highest BCUT2D eigenvalue weighted by Gasteiger charge is 2.41. The van der Waals surface area contributed by atoms with Crippen molar-refractivity contribution in [1.82, 2.24) is 9.80 Å². The van der Waals surface area contributed by atoms with E-state index in [4.69, 9.17) is 9.47 Å². The number of likely N-dealkylation sites (tertiary alicyclic amines) is 1. The van der Waals surface area contributed by atoms with Gasteiger partial charge < -0.3 is 14.4 Å². The number of carbonyl (C=O) groups is 1. The highest BCUT2D eigenvalue weighted by atomic mass is 19.1. The van der Waals surface area contributed by atoms with Gasteiger partial charge in [0.2, 0.25) is 5.91 Å². The molecule has 3 heterocycles. The van der Waals surface area contributed by atoms with Gasteiger partial charge in [-0.25, -0.2) is 4.39 Å². The van der Waals surface area contributed by atoms with E-state index >= 15 is 0 Å². The minimum atomic E-state index is -0.333. The molecule has 0 radical (unpaired) electrons. The molecule has 4 rings (SSSR count). The van der Waals surface area contributed by atoms with Gasteiger partial charge in [0.15, 0.2) is 0 Å². The summed E-state index contributed by atoms with van der Waals surface area (Å²) in [7, 11) is 0. The van der Waals surface area contributed by atoms with Gasteiger partial charge in [0, 0.05) is 39.3 Å². The summed E-state index contributed by atoms with van der Waals surface area (Å²) in [5.74, 6) is 0.00610. The van der Waals surface area contributed by atoms with Crippen LogP contribution in [0.15, 0.2) is 24.3 Å². The molecular weight excluding hydrogens is 347 g/mol. The lowest BCUT2D eigenvalue weighted by molar-refractivity contribution is -0.136. The van der Waals surface area contributed by atoms with Gasteiger partial charge in [-0.05, 0) is 43.4 Å². The quantitative estimate of drug-likeness (QED) is 0.810. The predicted octanol–water partition coefficient (Wildman–Crippen LogP) is 2.59. The number of carbonyl (C=O) groups excluding carboxylic acids is 1. The molecule has 0 aromatic heterocycles. The average molecular weight is 376 g/mol. The molecule has 0 bridgehead atoms. The van der Waals surface area contributed by atoms with E-state index in [1.54, 1.807) is 12.1 Å². The Morgan fingerprint density at radius 2 is 2.04 bits per heavy atom. The fourth-order valence-electron chi connectivity index (χ4n) is 4.50. The number of hydrogen-bond donors (Lipinski definition) is 0. The van der Waals surface area contributed by atoms with Crippen LogP contribution in [0.25, 0.3) is 0 Å². The molecule has 1 spiro atoms. The Kier molecular flexibility index (Phi) is 5.76. The van der Waals surface area contributed by atoms with Gasteiger partial charge in [0.1, 0.15) is 5.82 Å². The monoisotopic (exact) mass is 376 g/mol. The molecule has 27 heavy (non-hydrogen) atoms. The summed E-state index contributed by atoms with van der Waals surface area (Å²) in [6, 6.07) is 6.79. The van der Waals surface area contributed by atoms with Crippen LogP contribution in [0.3, 0.4) is 0 Å². The molecule has 3 aliphatic heterocycles. The van der Waals surface area contributed by atoms with E-state index in [0.717, 1.165) is 57.5 Å². The van der Waals surface area contributed by atoms with Crippen LogP contribution in [-0.4, -0.2) is 66.8 Å². The largest absolute Gasteiger partial charge is 0.376 e. The SMILES string of the molecule is O=C1CC2(CCN(Cc3cccc(F)c3)CC2)OCCN1CC1CCCO1. The lowest BCUT2D eigenvalue weighted by atomic mass is 9.87. The lowest BCUT2D eigenvalue weighted by Crippen LogP contribution is -2.47. The zero-order valence-corrected chi connectivity index (χ0v) is 15.9. The molecule has 148 valence electrons. The molecule has 3 saturated heterocycles. The predicted molar refractivity (Wildman–Crippen MR) is 99.8 cm³/mol. The first-order valence-electron chi connectivity index (χ1n) is 10.1. The van der Waals surface area contributed by atoms with Crippen LogP contribution in [0.1, 0.15) is 37.7 Å². The lowest BCUT2D eigenvalue weighted by Gasteiger charge is -2.40. The van der Waals surface area contributed by atoms with E-state index in [2.05, 4.69) is 4.90 Å². The van der Waals surface area contributed by atoms with Gasteiger partial charge in [0.25, 0.3) is 0 Å².